The molecule has 1 aromatic carbocycles. The highest BCUT2D eigenvalue weighted by molar-refractivity contribution is 7.99. The van der Waals surface area contributed by atoms with Crippen molar-refractivity contribution in [3.63, 3.8) is 0 Å². The van der Waals surface area contributed by atoms with Crippen molar-refractivity contribution in [3.05, 3.63) is 29.8 Å². The second-order valence-corrected chi connectivity index (χ2v) is 4.26. The SMILES string of the molecule is CSC(Cc1ccc(O)cc1)C(=O)NC=O. The van der Waals surface area contributed by atoms with Crippen LogP contribution in [0, 0.1) is 0 Å². The highest BCUT2D eigenvalue weighted by Crippen LogP contribution is 2.16. The minimum Gasteiger partial charge on any atom is -0.508 e. The first kappa shape index (κ1) is 12.6. The van der Waals surface area contributed by atoms with Crippen molar-refractivity contribution in [2.24, 2.45) is 0 Å². The van der Waals surface area contributed by atoms with E-state index in [4.69, 9.17) is 5.11 Å². The summed E-state index contributed by atoms with van der Waals surface area (Å²) in [5.74, 6) is -0.0997. The zero-order chi connectivity index (χ0) is 12.0. The van der Waals surface area contributed by atoms with E-state index < -0.39 is 0 Å². The van der Waals surface area contributed by atoms with Gasteiger partial charge in [-0.25, -0.2) is 0 Å². The van der Waals surface area contributed by atoms with Gasteiger partial charge < -0.3 is 5.11 Å². The number of hydrogen-bond acceptors (Lipinski definition) is 4. The van der Waals surface area contributed by atoms with Gasteiger partial charge in [-0.1, -0.05) is 12.1 Å². The molecule has 4 nitrogen and oxygen atoms in total. The number of aromatic hydroxyl groups is 1. The molecule has 0 saturated carbocycles. The van der Waals surface area contributed by atoms with Crippen LogP contribution in [-0.4, -0.2) is 28.9 Å². The summed E-state index contributed by atoms with van der Waals surface area (Å²) in [6.45, 7) is 0. The van der Waals surface area contributed by atoms with E-state index in [9.17, 15) is 9.59 Å². The monoisotopic (exact) mass is 239 g/mol. The second kappa shape index (κ2) is 6.17. The number of phenols is 1. The number of phenolic OH excluding ortho intramolecular Hbond substituents is 1. The summed E-state index contributed by atoms with van der Waals surface area (Å²) in [4.78, 5) is 21.6. The Labute approximate surface area is 98.0 Å². The van der Waals surface area contributed by atoms with E-state index in [0.29, 0.717) is 12.8 Å². The van der Waals surface area contributed by atoms with Crippen molar-refractivity contribution in [2.45, 2.75) is 11.7 Å². The number of hydrogen-bond donors (Lipinski definition) is 2. The molecule has 0 aliphatic rings. The van der Waals surface area contributed by atoms with Crippen LogP contribution in [0.2, 0.25) is 0 Å². The lowest BCUT2D eigenvalue weighted by molar-refractivity contribution is -0.124. The molecule has 1 rings (SSSR count). The van der Waals surface area contributed by atoms with Crippen LogP contribution in [0.5, 0.6) is 5.75 Å². The maximum atomic E-state index is 11.4. The molecule has 0 saturated heterocycles. The van der Waals surface area contributed by atoms with Gasteiger partial charge in [0.25, 0.3) is 0 Å². The Morgan fingerprint density at radius 3 is 2.62 bits per heavy atom. The summed E-state index contributed by atoms with van der Waals surface area (Å²) in [6.07, 6.45) is 2.74. The van der Waals surface area contributed by atoms with E-state index >= 15 is 0 Å². The standard InChI is InChI=1S/C11H13NO3S/c1-16-10(11(15)12-7-13)6-8-2-4-9(14)5-3-8/h2-5,7,10,14H,6H2,1H3,(H,12,13,15). The maximum absolute atomic E-state index is 11.4. The minimum absolute atomic E-state index is 0.196. The van der Waals surface area contributed by atoms with Gasteiger partial charge in [-0.3, -0.25) is 14.9 Å². The quantitative estimate of drug-likeness (QED) is 0.750. The summed E-state index contributed by atoms with van der Waals surface area (Å²) in [5.41, 5.74) is 0.943. The molecule has 0 aromatic heterocycles. The van der Waals surface area contributed by atoms with Gasteiger partial charge >= 0.3 is 0 Å². The molecule has 16 heavy (non-hydrogen) atoms. The Bertz CT molecular complexity index is 364. The molecule has 0 aliphatic carbocycles. The van der Waals surface area contributed by atoms with Crippen molar-refractivity contribution in [3.8, 4) is 5.75 Å². The molecule has 86 valence electrons. The molecule has 5 heteroatoms. The van der Waals surface area contributed by atoms with E-state index in [1.807, 2.05) is 6.26 Å². The first-order chi connectivity index (χ1) is 7.67. The number of carbonyl (C=O) groups is 2. The highest BCUT2D eigenvalue weighted by atomic mass is 32.2. The highest BCUT2D eigenvalue weighted by Gasteiger charge is 2.16. The average molecular weight is 239 g/mol. The van der Waals surface area contributed by atoms with Crippen LogP contribution >= 0.6 is 11.8 Å². The third-order valence-corrected chi connectivity index (χ3v) is 3.09. The molecule has 2 N–H and O–H groups in total. The molecule has 1 atom stereocenters. The van der Waals surface area contributed by atoms with Crippen LogP contribution in [0.25, 0.3) is 0 Å². The normalized spacial score (nSPS) is 11.8. The third-order valence-electron chi connectivity index (χ3n) is 2.14. The van der Waals surface area contributed by atoms with E-state index in [2.05, 4.69) is 5.32 Å². The van der Waals surface area contributed by atoms with Crippen LogP contribution in [0.4, 0.5) is 0 Å². The number of benzene rings is 1. The fraction of sp³-hybridized carbons (Fsp3) is 0.273. The minimum atomic E-state index is -0.297. The zero-order valence-corrected chi connectivity index (χ0v) is 9.66. The average Bonchev–Trinajstić information content (AvgIpc) is 2.28. The van der Waals surface area contributed by atoms with Crippen molar-refractivity contribution in [2.75, 3.05) is 6.26 Å². The van der Waals surface area contributed by atoms with Gasteiger partial charge in [-0.15, -0.1) is 0 Å². The number of nitrogens with one attached hydrogen (secondary N) is 1. The number of amides is 2. The molecule has 0 radical (unpaired) electrons. The predicted octanol–water partition coefficient (Wildman–Crippen LogP) is 0.939. The van der Waals surface area contributed by atoms with Gasteiger partial charge in [0, 0.05) is 0 Å². The molecule has 1 unspecified atom stereocenters. The fourth-order valence-electron chi connectivity index (χ4n) is 1.28. The van der Waals surface area contributed by atoms with Crippen LogP contribution < -0.4 is 5.32 Å². The van der Waals surface area contributed by atoms with Crippen LogP contribution in [0.1, 0.15) is 5.56 Å². The van der Waals surface area contributed by atoms with Crippen LogP contribution in [0.3, 0.4) is 0 Å². The second-order valence-electron chi connectivity index (χ2n) is 3.22. The van der Waals surface area contributed by atoms with E-state index in [-0.39, 0.29) is 16.9 Å². The molecule has 1 aromatic rings. The van der Waals surface area contributed by atoms with Gasteiger partial charge in [0.15, 0.2) is 0 Å². The largest absolute Gasteiger partial charge is 0.508 e. The van der Waals surface area contributed by atoms with Gasteiger partial charge in [-0.2, -0.15) is 11.8 Å². The molecule has 2 amide bonds. The lowest BCUT2D eigenvalue weighted by Crippen LogP contribution is -2.32. The Morgan fingerprint density at radius 1 is 1.50 bits per heavy atom. The molecule has 0 bridgehead atoms. The third kappa shape index (κ3) is 3.58. The summed E-state index contributed by atoms with van der Waals surface area (Å²) in [5, 5.41) is 11.0. The van der Waals surface area contributed by atoms with Crippen molar-refractivity contribution < 1.29 is 14.7 Å². The Hall–Kier alpha value is -1.49. The lowest BCUT2D eigenvalue weighted by Gasteiger charge is -2.12. The predicted molar refractivity (Wildman–Crippen MR) is 63.3 cm³/mol. The molecule has 0 fully saturated rings. The first-order valence-electron chi connectivity index (χ1n) is 4.72. The summed E-state index contributed by atoms with van der Waals surface area (Å²) in [7, 11) is 0. The topological polar surface area (TPSA) is 66.4 Å². The lowest BCUT2D eigenvalue weighted by atomic mass is 10.1. The summed E-state index contributed by atoms with van der Waals surface area (Å²) < 4.78 is 0. The Morgan fingerprint density at radius 2 is 2.12 bits per heavy atom. The molecule has 0 aliphatic heterocycles. The number of carbonyl (C=O) groups excluding carboxylic acids is 2. The van der Waals surface area contributed by atoms with Gasteiger partial charge in [0.2, 0.25) is 12.3 Å². The summed E-state index contributed by atoms with van der Waals surface area (Å²) in [6, 6.07) is 6.66. The van der Waals surface area contributed by atoms with Gasteiger partial charge in [0.1, 0.15) is 5.75 Å². The molecular weight excluding hydrogens is 226 g/mol. The summed E-state index contributed by atoms with van der Waals surface area (Å²) >= 11 is 1.38. The van der Waals surface area contributed by atoms with Crippen molar-refractivity contribution in [1.82, 2.24) is 5.32 Å². The van der Waals surface area contributed by atoms with E-state index in [1.165, 1.54) is 11.8 Å². The Balaban J connectivity index is 2.66. The van der Waals surface area contributed by atoms with Crippen LogP contribution in [-0.2, 0) is 16.0 Å². The maximum Gasteiger partial charge on any atom is 0.239 e. The van der Waals surface area contributed by atoms with E-state index in [0.717, 1.165) is 5.56 Å². The number of rotatable bonds is 5. The first-order valence-corrected chi connectivity index (χ1v) is 6.01. The molecule has 0 heterocycles. The Kier molecular flexibility index (Phi) is 4.85. The molecular formula is C11H13NO3S. The van der Waals surface area contributed by atoms with Crippen LogP contribution in [0.15, 0.2) is 24.3 Å². The van der Waals surface area contributed by atoms with Gasteiger partial charge in [0.05, 0.1) is 5.25 Å². The fourth-order valence-corrected chi connectivity index (χ4v) is 1.92. The number of imide groups is 1. The van der Waals surface area contributed by atoms with Crippen molar-refractivity contribution >= 4 is 24.1 Å². The van der Waals surface area contributed by atoms with E-state index in [1.54, 1.807) is 24.3 Å². The number of thioether (sulfide) groups is 1. The smallest absolute Gasteiger partial charge is 0.239 e. The van der Waals surface area contributed by atoms with Gasteiger partial charge in [-0.05, 0) is 30.4 Å². The molecule has 0 spiro atoms. The zero-order valence-electron chi connectivity index (χ0n) is 8.84. The van der Waals surface area contributed by atoms with Crippen molar-refractivity contribution in [1.29, 1.82) is 0 Å².